The van der Waals surface area contributed by atoms with Gasteiger partial charge in [-0.2, -0.15) is 0 Å². The first kappa shape index (κ1) is 13.6. The van der Waals surface area contributed by atoms with Gasteiger partial charge in [0.15, 0.2) is 0 Å². The van der Waals surface area contributed by atoms with Gasteiger partial charge in [-0.25, -0.2) is 0 Å². The number of ether oxygens (including phenoxy) is 1. The first-order chi connectivity index (χ1) is 7.63. The molecule has 0 bridgehead atoms. The van der Waals surface area contributed by atoms with Crippen LogP contribution in [-0.2, 0) is 0 Å². The van der Waals surface area contributed by atoms with E-state index in [1.807, 2.05) is 26.1 Å². The fraction of sp³-hybridized carbons (Fsp3) is 0.500. The third kappa shape index (κ3) is 3.03. The molecule has 1 rings (SSSR count). The zero-order valence-corrected chi connectivity index (χ0v) is 11.3. The number of hydrogen-bond donors (Lipinski definition) is 1. The molecule has 0 saturated carbocycles. The van der Waals surface area contributed by atoms with E-state index in [-0.39, 0.29) is 6.04 Å². The fourth-order valence-corrected chi connectivity index (χ4v) is 2.07. The summed E-state index contributed by atoms with van der Waals surface area (Å²) in [7, 11) is 3.57. The fourth-order valence-electron chi connectivity index (χ4n) is 1.68. The monoisotopic (exact) mass is 261 g/mol. The molecular weight excluding hydrogens is 245 g/mol. The van der Waals surface area contributed by atoms with Crippen molar-refractivity contribution in [3.8, 4) is 5.75 Å². The maximum atomic E-state index is 6.13. The summed E-state index contributed by atoms with van der Waals surface area (Å²) in [5, 5.41) is 3.97. The van der Waals surface area contributed by atoms with Crippen molar-refractivity contribution in [3.05, 3.63) is 28.3 Å². The molecule has 1 atom stereocenters. The molecule has 90 valence electrons. The molecule has 0 radical (unpaired) electrons. The molecule has 4 heteroatoms. The molecule has 0 amide bonds. The Kier molecular flexibility index (Phi) is 5.39. The van der Waals surface area contributed by atoms with Gasteiger partial charge in [-0.15, -0.1) is 11.6 Å². The van der Waals surface area contributed by atoms with E-state index < -0.39 is 0 Å². The molecule has 1 aromatic rings. The maximum absolute atomic E-state index is 6.13. The maximum Gasteiger partial charge on any atom is 0.124 e. The summed E-state index contributed by atoms with van der Waals surface area (Å²) in [4.78, 5) is 0. The predicted octanol–water partition coefficient (Wildman–Crippen LogP) is 3.55. The predicted molar refractivity (Wildman–Crippen MR) is 69.9 cm³/mol. The van der Waals surface area contributed by atoms with Gasteiger partial charge in [0, 0.05) is 22.5 Å². The van der Waals surface area contributed by atoms with Crippen LogP contribution in [0.15, 0.2) is 12.1 Å². The molecule has 0 aliphatic carbocycles. The Labute approximate surface area is 107 Å². The first-order valence-electron chi connectivity index (χ1n) is 5.21. The summed E-state index contributed by atoms with van der Waals surface area (Å²) in [5.74, 6) is 1.45. The topological polar surface area (TPSA) is 21.3 Å². The van der Waals surface area contributed by atoms with E-state index in [9.17, 15) is 0 Å². The molecule has 1 N–H and O–H groups in total. The lowest BCUT2D eigenvalue weighted by Gasteiger charge is -2.19. The zero-order chi connectivity index (χ0) is 12.1. The van der Waals surface area contributed by atoms with E-state index in [1.54, 1.807) is 7.11 Å². The number of aryl methyl sites for hydroxylation is 1. The Balaban J connectivity index is 3.13. The van der Waals surface area contributed by atoms with E-state index in [0.717, 1.165) is 28.3 Å². The number of rotatable bonds is 5. The molecule has 0 saturated heterocycles. The lowest BCUT2D eigenvalue weighted by atomic mass is 10.0. The van der Waals surface area contributed by atoms with Gasteiger partial charge in [-0.1, -0.05) is 11.6 Å². The lowest BCUT2D eigenvalue weighted by Crippen LogP contribution is -2.17. The van der Waals surface area contributed by atoms with Crippen LogP contribution in [0.25, 0.3) is 0 Å². The van der Waals surface area contributed by atoms with Crippen LogP contribution >= 0.6 is 23.2 Å². The minimum atomic E-state index is 0.172. The quantitative estimate of drug-likeness (QED) is 0.819. The van der Waals surface area contributed by atoms with Gasteiger partial charge in [0.05, 0.1) is 7.11 Å². The highest BCUT2D eigenvalue weighted by Crippen LogP contribution is 2.32. The number of methoxy groups -OCH3 is 1. The second-order valence-corrected chi connectivity index (χ2v) is 4.45. The van der Waals surface area contributed by atoms with Gasteiger partial charge in [0.1, 0.15) is 5.75 Å². The summed E-state index contributed by atoms with van der Waals surface area (Å²) < 4.78 is 5.37. The molecule has 1 aromatic carbocycles. The van der Waals surface area contributed by atoms with Crippen molar-refractivity contribution in [2.24, 2.45) is 0 Å². The van der Waals surface area contributed by atoms with Crippen LogP contribution in [0.3, 0.4) is 0 Å². The van der Waals surface area contributed by atoms with Crippen LogP contribution in [0.1, 0.15) is 23.6 Å². The van der Waals surface area contributed by atoms with Crippen molar-refractivity contribution in [2.45, 2.75) is 19.4 Å². The molecule has 0 aromatic heterocycles. The van der Waals surface area contributed by atoms with E-state index in [0.29, 0.717) is 5.88 Å². The minimum absolute atomic E-state index is 0.172. The zero-order valence-electron chi connectivity index (χ0n) is 9.81. The second-order valence-electron chi connectivity index (χ2n) is 3.66. The number of nitrogens with one attached hydrogen (secondary N) is 1. The Morgan fingerprint density at radius 3 is 2.62 bits per heavy atom. The van der Waals surface area contributed by atoms with Crippen LogP contribution in [0.5, 0.6) is 5.75 Å². The molecule has 0 aliphatic rings. The van der Waals surface area contributed by atoms with Gasteiger partial charge >= 0.3 is 0 Å². The number of halogens is 2. The van der Waals surface area contributed by atoms with Crippen molar-refractivity contribution in [1.29, 1.82) is 0 Å². The summed E-state index contributed by atoms with van der Waals surface area (Å²) >= 11 is 11.9. The Hall–Kier alpha value is -0.440. The van der Waals surface area contributed by atoms with Crippen LogP contribution in [0, 0.1) is 6.92 Å². The summed E-state index contributed by atoms with van der Waals surface area (Å²) in [6, 6.07) is 4.07. The van der Waals surface area contributed by atoms with Crippen LogP contribution in [-0.4, -0.2) is 20.0 Å². The Morgan fingerprint density at radius 2 is 2.12 bits per heavy atom. The average molecular weight is 262 g/mol. The molecule has 0 aliphatic heterocycles. The van der Waals surface area contributed by atoms with Gasteiger partial charge in [0.25, 0.3) is 0 Å². The average Bonchev–Trinajstić information content (AvgIpc) is 2.29. The largest absolute Gasteiger partial charge is 0.496 e. The lowest BCUT2D eigenvalue weighted by molar-refractivity contribution is 0.400. The first-order valence-corrected chi connectivity index (χ1v) is 6.12. The number of benzene rings is 1. The van der Waals surface area contributed by atoms with Crippen molar-refractivity contribution < 1.29 is 4.74 Å². The molecule has 0 heterocycles. The Morgan fingerprint density at radius 1 is 1.44 bits per heavy atom. The van der Waals surface area contributed by atoms with Crippen LogP contribution in [0.2, 0.25) is 5.02 Å². The smallest absolute Gasteiger partial charge is 0.124 e. The molecule has 0 fully saturated rings. The summed E-state index contributed by atoms with van der Waals surface area (Å²) in [6.07, 6.45) is 0.841. The molecule has 16 heavy (non-hydrogen) atoms. The third-order valence-corrected chi connectivity index (χ3v) is 3.26. The van der Waals surface area contributed by atoms with Gasteiger partial charge in [-0.05, 0) is 38.1 Å². The van der Waals surface area contributed by atoms with Crippen molar-refractivity contribution in [1.82, 2.24) is 5.32 Å². The highest BCUT2D eigenvalue weighted by atomic mass is 35.5. The molecule has 1 unspecified atom stereocenters. The third-order valence-electron chi connectivity index (χ3n) is 2.63. The SMILES string of the molecule is CNC(CCCl)c1cc(Cl)c(C)cc1OC. The van der Waals surface area contributed by atoms with Gasteiger partial charge in [-0.3, -0.25) is 0 Å². The minimum Gasteiger partial charge on any atom is -0.496 e. The van der Waals surface area contributed by atoms with E-state index in [2.05, 4.69) is 5.32 Å². The Bertz CT molecular complexity index is 355. The highest BCUT2D eigenvalue weighted by Gasteiger charge is 2.15. The van der Waals surface area contributed by atoms with Crippen LogP contribution < -0.4 is 10.1 Å². The van der Waals surface area contributed by atoms with Gasteiger partial charge < -0.3 is 10.1 Å². The summed E-state index contributed by atoms with van der Waals surface area (Å²) in [5.41, 5.74) is 2.07. The normalized spacial score (nSPS) is 12.6. The second kappa shape index (κ2) is 6.33. The van der Waals surface area contributed by atoms with E-state index in [1.165, 1.54) is 0 Å². The molecule has 0 spiro atoms. The van der Waals surface area contributed by atoms with Crippen molar-refractivity contribution in [3.63, 3.8) is 0 Å². The number of hydrogen-bond acceptors (Lipinski definition) is 2. The highest BCUT2D eigenvalue weighted by molar-refractivity contribution is 6.31. The molecule has 2 nitrogen and oxygen atoms in total. The molecular formula is C12H17Cl2NO. The van der Waals surface area contributed by atoms with Gasteiger partial charge in [0.2, 0.25) is 0 Å². The van der Waals surface area contributed by atoms with E-state index in [4.69, 9.17) is 27.9 Å². The van der Waals surface area contributed by atoms with Crippen molar-refractivity contribution in [2.75, 3.05) is 20.0 Å². The summed E-state index contributed by atoms with van der Waals surface area (Å²) in [6.45, 7) is 1.96. The standard InChI is InChI=1S/C12H17Cl2NO/c1-8-6-12(16-3)9(7-10(8)14)11(15-2)4-5-13/h6-7,11,15H,4-5H2,1-3H3. The van der Waals surface area contributed by atoms with E-state index >= 15 is 0 Å². The van der Waals surface area contributed by atoms with Crippen molar-refractivity contribution >= 4 is 23.2 Å². The number of alkyl halides is 1. The van der Waals surface area contributed by atoms with Crippen LogP contribution in [0.4, 0.5) is 0 Å².